The van der Waals surface area contributed by atoms with E-state index in [-0.39, 0.29) is 11.0 Å². The van der Waals surface area contributed by atoms with Crippen LogP contribution in [-0.4, -0.2) is 40.1 Å². The van der Waals surface area contributed by atoms with Gasteiger partial charge in [-0.05, 0) is 62.1 Å². The Balaban J connectivity index is 1.70. The van der Waals surface area contributed by atoms with Crippen LogP contribution >= 0.6 is 0 Å². The molecule has 170 valence electrons. The van der Waals surface area contributed by atoms with Gasteiger partial charge in [0.15, 0.2) is 11.5 Å². The first-order valence-electron chi connectivity index (χ1n) is 11.3. The van der Waals surface area contributed by atoms with Crippen LogP contribution in [0.15, 0.2) is 42.5 Å². The van der Waals surface area contributed by atoms with Gasteiger partial charge in [0.25, 0.3) is 0 Å². The van der Waals surface area contributed by atoms with Crippen molar-refractivity contribution in [1.82, 2.24) is 0 Å². The molecule has 5 nitrogen and oxygen atoms in total. The fraction of sp³-hybridized carbons (Fsp3) is 0.538. The van der Waals surface area contributed by atoms with Crippen LogP contribution in [-0.2, 0) is 16.7 Å². The lowest BCUT2D eigenvalue weighted by atomic mass is 9.66. The summed E-state index contributed by atoms with van der Waals surface area (Å²) in [4.78, 5) is 0. The highest BCUT2D eigenvalue weighted by Crippen LogP contribution is 2.45. The molecule has 2 aromatic rings. The number of methoxy groups -OCH3 is 3. The van der Waals surface area contributed by atoms with Crippen LogP contribution in [0.4, 0.5) is 0 Å². The zero-order chi connectivity index (χ0) is 22.3. The van der Waals surface area contributed by atoms with Gasteiger partial charge < -0.3 is 24.3 Å². The van der Waals surface area contributed by atoms with E-state index in [9.17, 15) is 0 Å². The maximum Gasteiger partial charge on any atom is 0.161 e. The molecule has 1 heterocycles. The van der Waals surface area contributed by atoms with Crippen molar-refractivity contribution in [2.75, 3.05) is 34.5 Å². The molecule has 0 saturated carbocycles. The predicted octanol–water partition coefficient (Wildman–Crippen LogP) is 4.08. The smallest absolute Gasteiger partial charge is 0.161 e. The summed E-state index contributed by atoms with van der Waals surface area (Å²) in [5, 5.41) is 2.39. The Morgan fingerprint density at radius 1 is 0.968 bits per heavy atom. The number of hydrogen-bond acceptors (Lipinski definition) is 4. The molecule has 0 spiro atoms. The van der Waals surface area contributed by atoms with Crippen molar-refractivity contribution in [2.24, 2.45) is 0 Å². The van der Waals surface area contributed by atoms with Crippen LogP contribution in [0.2, 0.25) is 0 Å². The number of nitrogens with two attached hydrogens (primary N) is 1. The van der Waals surface area contributed by atoms with Crippen LogP contribution in [0.25, 0.3) is 0 Å². The minimum absolute atomic E-state index is 0.0679. The third-order valence-electron chi connectivity index (χ3n) is 6.85. The summed E-state index contributed by atoms with van der Waals surface area (Å²) in [6, 6.07) is 14.8. The first-order chi connectivity index (χ1) is 15.0. The molecule has 1 aliphatic heterocycles. The molecule has 0 aromatic heterocycles. The van der Waals surface area contributed by atoms with Gasteiger partial charge in [0, 0.05) is 24.0 Å². The Kier molecular flexibility index (Phi) is 7.84. The van der Waals surface area contributed by atoms with Gasteiger partial charge in [-0.1, -0.05) is 19.1 Å². The van der Waals surface area contributed by atoms with Gasteiger partial charge in [-0.25, -0.2) is 0 Å². The van der Waals surface area contributed by atoms with Crippen LogP contribution in [0, 0.1) is 0 Å². The van der Waals surface area contributed by atoms with Crippen molar-refractivity contribution >= 4 is 0 Å². The first-order valence-corrected chi connectivity index (χ1v) is 11.3. The van der Waals surface area contributed by atoms with Gasteiger partial charge >= 0.3 is 0 Å². The van der Waals surface area contributed by atoms with E-state index in [0.29, 0.717) is 0 Å². The highest BCUT2D eigenvalue weighted by Gasteiger charge is 2.43. The van der Waals surface area contributed by atoms with Crippen molar-refractivity contribution in [3.8, 4) is 17.2 Å². The second-order valence-corrected chi connectivity index (χ2v) is 8.81. The van der Waals surface area contributed by atoms with Gasteiger partial charge in [0.2, 0.25) is 0 Å². The summed E-state index contributed by atoms with van der Waals surface area (Å²) in [5.41, 5.74) is 2.70. The Hall–Kier alpha value is -2.24. The van der Waals surface area contributed by atoms with Crippen molar-refractivity contribution in [3.63, 3.8) is 0 Å². The number of ether oxygens (including phenoxy) is 4. The highest BCUT2D eigenvalue weighted by molar-refractivity contribution is 5.42. The van der Waals surface area contributed by atoms with Gasteiger partial charge in [0.05, 0.1) is 33.5 Å². The van der Waals surface area contributed by atoms with Crippen molar-refractivity contribution < 1.29 is 24.3 Å². The highest BCUT2D eigenvalue weighted by atomic mass is 16.5. The third kappa shape index (κ3) is 5.52. The van der Waals surface area contributed by atoms with Crippen LogP contribution in [0.3, 0.4) is 0 Å². The quantitative estimate of drug-likeness (QED) is 0.580. The molecule has 2 N–H and O–H groups in total. The molecule has 0 amide bonds. The summed E-state index contributed by atoms with van der Waals surface area (Å²) in [6.45, 7) is 7.28. The Morgan fingerprint density at radius 2 is 1.71 bits per heavy atom. The number of quaternary nitrogens is 1. The van der Waals surface area contributed by atoms with E-state index in [2.05, 4.69) is 55.6 Å². The normalized spacial score (nSPS) is 23.4. The maximum atomic E-state index is 6.20. The molecule has 0 radical (unpaired) electrons. The van der Waals surface area contributed by atoms with Crippen LogP contribution < -0.4 is 19.5 Å². The van der Waals surface area contributed by atoms with Crippen molar-refractivity contribution in [1.29, 1.82) is 0 Å². The molecular formula is C26H38NO4+. The summed E-state index contributed by atoms with van der Waals surface area (Å²) < 4.78 is 22.4. The van der Waals surface area contributed by atoms with E-state index < -0.39 is 0 Å². The van der Waals surface area contributed by atoms with Crippen molar-refractivity contribution in [2.45, 2.75) is 57.1 Å². The summed E-state index contributed by atoms with van der Waals surface area (Å²) >= 11 is 0. The second-order valence-electron chi connectivity index (χ2n) is 8.81. The zero-order valence-electron chi connectivity index (χ0n) is 19.7. The molecule has 0 bridgehead atoms. The topological polar surface area (TPSA) is 53.5 Å². The molecular weight excluding hydrogens is 390 g/mol. The molecule has 31 heavy (non-hydrogen) atoms. The molecule has 3 rings (SSSR count). The minimum Gasteiger partial charge on any atom is -0.497 e. The standard InChI is InChI=1S/C26H37NO4/c1-6-25(2)19-26(14-16-31-25,21-8-10-22(28-3)11-9-21)13-15-27-18-20-7-12-23(29-4)24(17-20)30-5/h7-12,17,27H,6,13-16,18-19H2,1-5H3/p+1/t25-,26+/m1/s1. The Labute approximate surface area is 187 Å². The third-order valence-corrected chi connectivity index (χ3v) is 6.85. The molecule has 0 unspecified atom stereocenters. The van der Waals surface area contributed by atoms with E-state index in [1.807, 2.05) is 6.07 Å². The van der Waals surface area contributed by atoms with Crippen LogP contribution in [0.5, 0.6) is 17.2 Å². The predicted molar refractivity (Wildman–Crippen MR) is 123 cm³/mol. The fourth-order valence-corrected chi connectivity index (χ4v) is 4.78. The van der Waals surface area contributed by atoms with Gasteiger partial charge in [-0.2, -0.15) is 0 Å². The lowest BCUT2D eigenvalue weighted by Crippen LogP contribution is -2.83. The largest absolute Gasteiger partial charge is 0.497 e. The molecule has 5 heteroatoms. The monoisotopic (exact) mass is 428 g/mol. The molecule has 2 atom stereocenters. The Bertz CT molecular complexity index is 838. The van der Waals surface area contributed by atoms with Gasteiger partial charge in [0.1, 0.15) is 12.3 Å². The molecule has 1 saturated heterocycles. The number of benzene rings is 2. The van der Waals surface area contributed by atoms with E-state index in [4.69, 9.17) is 18.9 Å². The summed E-state index contributed by atoms with van der Waals surface area (Å²) in [6.07, 6.45) is 4.25. The fourth-order valence-electron chi connectivity index (χ4n) is 4.78. The zero-order valence-corrected chi connectivity index (χ0v) is 19.7. The molecule has 1 fully saturated rings. The molecule has 0 aliphatic carbocycles. The molecule has 2 aromatic carbocycles. The maximum absolute atomic E-state index is 6.20. The number of rotatable bonds is 10. The minimum atomic E-state index is -0.0679. The van der Waals surface area contributed by atoms with E-state index in [0.717, 1.165) is 62.6 Å². The number of hydrogen-bond donors (Lipinski definition) is 1. The Morgan fingerprint density at radius 3 is 2.35 bits per heavy atom. The second kappa shape index (κ2) is 10.4. The van der Waals surface area contributed by atoms with Gasteiger partial charge in [-0.15, -0.1) is 0 Å². The lowest BCUT2D eigenvalue weighted by Gasteiger charge is -2.46. The average molecular weight is 429 g/mol. The lowest BCUT2D eigenvalue weighted by molar-refractivity contribution is -0.672. The van der Waals surface area contributed by atoms with E-state index in [1.165, 1.54) is 11.1 Å². The SMILES string of the molecule is CC[C@]1(C)C[C@@](CC[NH2+]Cc2ccc(OC)c(OC)c2)(c2ccc(OC)cc2)CCO1. The van der Waals surface area contributed by atoms with Gasteiger partial charge in [-0.3, -0.25) is 0 Å². The van der Waals surface area contributed by atoms with Crippen LogP contribution in [0.1, 0.15) is 50.7 Å². The first kappa shape index (κ1) is 23.4. The molecule has 1 aliphatic rings. The van der Waals surface area contributed by atoms with E-state index >= 15 is 0 Å². The van der Waals surface area contributed by atoms with Crippen molar-refractivity contribution in [3.05, 3.63) is 53.6 Å². The average Bonchev–Trinajstić information content (AvgIpc) is 2.81. The van der Waals surface area contributed by atoms with E-state index in [1.54, 1.807) is 21.3 Å². The summed E-state index contributed by atoms with van der Waals surface area (Å²) in [7, 11) is 5.07. The summed E-state index contributed by atoms with van der Waals surface area (Å²) in [5.74, 6) is 2.46.